The number of carbonyl (C=O) groups is 1. The maximum Gasteiger partial charge on any atom is 0.223 e. The van der Waals surface area contributed by atoms with Gasteiger partial charge in [-0.05, 0) is 11.6 Å². The molecule has 0 N–H and O–H groups in total. The standard InChI is InChI=1S/C11H10N2O/c1-8(14)13-7-9(6-12)10-4-2-3-5-11(10)13/h2-5,9H,7H2,1H3. The van der Waals surface area contributed by atoms with E-state index in [4.69, 9.17) is 5.26 Å². The number of fused-ring (bicyclic) bond motifs is 1. The van der Waals surface area contributed by atoms with Gasteiger partial charge in [0, 0.05) is 19.2 Å². The average molecular weight is 186 g/mol. The van der Waals surface area contributed by atoms with E-state index >= 15 is 0 Å². The number of nitriles is 1. The monoisotopic (exact) mass is 186 g/mol. The molecular formula is C11H10N2O. The maximum absolute atomic E-state index is 11.3. The van der Waals surface area contributed by atoms with Crippen molar-refractivity contribution >= 4 is 11.6 Å². The lowest BCUT2D eigenvalue weighted by Crippen LogP contribution is -2.26. The van der Waals surface area contributed by atoms with Crippen molar-refractivity contribution < 1.29 is 4.79 Å². The Hall–Kier alpha value is -1.82. The molecule has 3 heteroatoms. The van der Waals surface area contributed by atoms with Gasteiger partial charge in [-0.3, -0.25) is 4.79 Å². The highest BCUT2D eigenvalue weighted by Gasteiger charge is 2.29. The van der Waals surface area contributed by atoms with Gasteiger partial charge < -0.3 is 4.90 Å². The van der Waals surface area contributed by atoms with Crippen molar-refractivity contribution in [2.45, 2.75) is 12.8 Å². The number of benzene rings is 1. The van der Waals surface area contributed by atoms with Crippen molar-refractivity contribution in [1.82, 2.24) is 0 Å². The second-order valence-corrected chi connectivity index (χ2v) is 3.37. The topological polar surface area (TPSA) is 44.1 Å². The Balaban J connectivity index is 2.50. The zero-order chi connectivity index (χ0) is 10.1. The highest BCUT2D eigenvalue weighted by atomic mass is 16.2. The van der Waals surface area contributed by atoms with Crippen molar-refractivity contribution in [2.24, 2.45) is 0 Å². The summed E-state index contributed by atoms with van der Waals surface area (Å²) in [4.78, 5) is 12.9. The number of carbonyl (C=O) groups excluding carboxylic acids is 1. The molecule has 0 aliphatic carbocycles. The zero-order valence-electron chi connectivity index (χ0n) is 7.90. The molecule has 0 fully saturated rings. The lowest BCUT2D eigenvalue weighted by molar-refractivity contribution is -0.116. The van der Waals surface area contributed by atoms with E-state index in [2.05, 4.69) is 6.07 Å². The summed E-state index contributed by atoms with van der Waals surface area (Å²) in [7, 11) is 0. The van der Waals surface area contributed by atoms with Gasteiger partial charge in [0.05, 0.1) is 12.0 Å². The third-order valence-electron chi connectivity index (χ3n) is 2.50. The molecule has 0 spiro atoms. The molecule has 0 saturated carbocycles. The second-order valence-electron chi connectivity index (χ2n) is 3.37. The first kappa shape index (κ1) is 8.76. The maximum atomic E-state index is 11.3. The van der Waals surface area contributed by atoms with Gasteiger partial charge in [0.25, 0.3) is 0 Å². The molecular weight excluding hydrogens is 176 g/mol. The quantitative estimate of drug-likeness (QED) is 0.618. The predicted molar refractivity (Wildman–Crippen MR) is 52.8 cm³/mol. The van der Waals surface area contributed by atoms with Crippen molar-refractivity contribution in [3.05, 3.63) is 29.8 Å². The van der Waals surface area contributed by atoms with Gasteiger partial charge in [-0.2, -0.15) is 5.26 Å². The summed E-state index contributed by atoms with van der Waals surface area (Å²) < 4.78 is 0. The molecule has 70 valence electrons. The largest absolute Gasteiger partial charge is 0.311 e. The van der Waals surface area contributed by atoms with E-state index in [1.54, 1.807) is 4.90 Å². The number of rotatable bonds is 0. The SMILES string of the molecule is CC(=O)N1CC(C#N)c2ccccc21. The Labute approximate surface area is 82.6 Å². The van der Waals surface area contributed by atoms with E-state index in [0.717, 1.165) is 11.3 Å². The van der Waals surface area contributed by atoms with E-state index in [0.29, 0.717) is 6.54 Å². The van der Waals surface area contributed by atoms with Gasteiger partial charge in [-0.1, -0.05) is 18.2 Å². The van der Waals surface area contributed by atoms with Gasteiger partial charge >= 0.3 is 0 Å². The van der Waals surface area contributed by atoms with E-state index < -0.39 is 0 Å². The lowest BCUT2D eigenvalue weighted by Gasteiger charge is -2.13. The fraction of sp³-hybridized carbons (Fsp3) is 0.273. The summed E-state index contributed by atoms with van der Waals surface area (Å²) in [6.45, 7) is 2.02. The minimum Gasteiger partial charge on any atom is -0.311 e. The van der Waals surface area contributed by atoms with Crippen LogP contribution in [-0.4, -0.2) is 12.5 Å². The molecule has 14 heavy (non-hydrogen) atoms. The molecule has 1 unspecified atom stereocenters. The van der Waals surface area contributed by atoms with Crippen molar-refractivity contribution in [1.29, 1.82) is 5.26 Å². The first-order valence-electron chi connectivity index (χ1n) is 4.50. The van der Waals surface area contributed by atoms with Crippen LogP contribution in [0.4, 0.5) is 5.69 Å². The molecule has 1 aliphatic rings. The molecule has 1 aromatic carbocycles. The van der Waals surface area contributed by atoms with Crippen molar-refractivity contribution in [3.8, 4) is 6.07 Å². The number of amides is 1. The molecule has 1 aliphatic heterocycles. The smallest absolute Gasteiger partial charge is 0.223 e. The van der Waals surface area contributed by atoms with Gasteiger partial charge in [0.1, 0.15) is 0 Å². The third kappa shape index (κ3) is 1.16. The van der Waals surface area contributed by atoms with Gasteiger partial charge in [-0.25, -0.2) is 0 Å². The van der Waals surface area contributed by atoms with Crippen LogP contribution >= 0.6 is 0 Å². The van der Waals surface area contributed by atoms with Crippen LogP contribution in [0.3, 0.4) is 0 Å². The minimum atomic E-state index is -0.171. The van der Waals surface area contributed by atoms with Crippen LogP contribution in [0.2, 0.25) is 0 Å². The van der Waals surface area contributed by atoms with Crippen LogP contribution in [0.1, 0.15) is 18.4 Å². The normalized spacial score (nSPS) is 18.9. The molecule has 0 radical (unpaired) electrons. The highest BCUT2D eigenvalue weighted by molar-refractivity contribution is 5.94. The average Bonchev–Trinajstić information content (AvgIpc) is 2.56. The first-order chi connectivity index (χ1) is 6.74. The summed E-state index contributed by atoms with van der Waals surface area (Å²) in [6, 6.07) is 9.78. The predicted octanol–water partition coefficient (Wildman–Crippen LogP) is 1.66. The number of anilines is 1. The molecule has 1 aromatic rings. The third-order valence-corrected chi connectivity index (χ3v) is 2.50. The number of hydrogen-bond donors (Lipinski definition) is 0. The van der Waals surface area contributed by atoms with E-state index in [1.165, 1.54) is 6.92 Å². The Kier molecular flexibility index (Phi) is 1.97. The first-order valence-corrected chi connectivity index (χ1v) is 4.50. The summed E-state index contributed by atoms with van der Waals surface area (Å²) in [6.07, 6.45) is 0. The summed E-state index contributed by atoms with van der Waals surface area (Å²) >= 11 is 0. The van der Waals surface area contributed by atoms with Crippen LogP contribution < -0.4 is 4.90 Å². The van der Waals surface area contributed by atoms with Crippen molar-refractivity contribution in [3.63, 3.8) is 0 Å². The molecule has 1 amide bonds. The van der Waals surface area contributed by atoms with Gasteiger partial charge in [0.2, 0.25) is 5.91 Å². The Bertz CT molecular complexity index is 420. The number of para-hydroxylation sites is 1. The summed E-state index contributed by atoms with van der Waals surface area (Å²) in [5.74, 6) is -0.176. The van der Waals surface area contributed by atoms with Crippen molar-refractivity contribution in [2.75, 3.05) is 11.4 Å². The Morgan fingerprint density at radius 2 is 2.29 bits per heavy atom. The molecule has 2 rings (SSSR count). The van der Waals surface area contributed by atoms with Crippen LogP contribution in [0.25, 0.3) is 0 Å². The number of hydrogen-bond acceptors (Lipinski definition) is 2. The molecule has 0 bridgehead atoms. The zero-order valence-corrected chi connectivity index (χ0v) is 7.90. The van der Waals surface area contributed by atoms with Crippen LogP contribution in [0, 0.1) is 11.3 Å². The van der Waals surface area contributed by atoms with E-state index in [9.17, 15) is 4.79 Å². The van der Waals surface area contributed by atoms with Crippen LogP contribution in [0.5, 0.6) is 0 Å². The van der Waals surface area contributed by atoms with E-state index in [-0.39, 0.29) is 11.8 Å². The van der Waals surface area contributed by atoms with E-state index in [1.807, 2.05) is 24.3 Å². The highest BCUT2D eigenvalue weighted by Crippen LogP contribution is 2.35. The molecule has 3 nitrogen and oxygen atoms in total. The summed E-state index contributed by atoms with van der Waals surface area (Å²) in [5.41, 5.74) is 1.84. The molecule has 1 atom stereocenters. The summed E-state index contributed by atoms with van der Waals surface area (Å²) in [5, 5.41) is 8.92. The minimum absolute atomic E-state index is 0.00444. The van der Waals surface area contributed by atoms with Gasteiger partial charge in [-0.15, -0.1) is 0 Å². The van der Waals surface area contributed by atoms with Gasteiger partial charge in [0.15, 0.2) is 0 Å². The second kappa shape index (κ2) is 3.15. The van der Waals surface area contributed by atoms with Crippen LogP contribution in [-0.2, 0) is 4.79 Å². The number of nitrogens with zero attached hydrogens (tertiary/aromatic N) is 2. The lowest BCUT2D eigenvalue weighted by atomic mass is 10.0. The van der Waals surface area contributed by atoms with Crippen LogP contribution in [0.15, 0.2) is 24.3 Å². The molecule has 1 heterocycles. The fourth-order valence-corrected chi connectivity index (χ4v) is 1.82. The molecule has 0 aromatic heterocycles. The Morgan fingerprint density at radius 1 is 1.57 bits per heavy atom. The molecule has 0 saturated heterocycles. The Morgan fingerprint density at radius 3 is 2.93 bits per heavy atom. The fourth-order valence-electron chi connectivity index (χ4n) is 1.82.